The Morgan fingerprint density at radius 3 is 2.26 bits per heavy atom. The number of pyridine rings is 1. The van der Waals surface area contributed by atoms with Crippen molar-refractivity contribution in [1.82, 2.24) is 14.8 Å². The highest BCUT2D eigenvalue weighted by Crippen LogP contribution is 2.39. The van der Waals surface area contributed by atoms with Crippen molar-refractivity contribution >= 4 is 17.8 Å². The Morgan fingerprint density at radius 2 is 1.62 bits per heavy atom. The number of carbonyl (C=O) groups excluding carboxylic acids is 3. The Morgan fingerprint density at radius 1 is 0.929 bits per heavy atom. The van der Waals surface area contributed by atoms with Crippen LogP contribution < -0.4 is 0 Å². The quantitative estimate of drug-likeness (QED) is 0.212. The van der Waals surface area contributed by atoms with Crippen molar-refractivity contribution in [3.8, 4) is 0 Å². The van der Waals surface area contributed by atoms with Crippen LogP contribution in [0.1, 0.15) is 74.5 Å². The molecule has 1 aliphatic carbocycles. The lowest BCUT2D eigenvalue weighted by Crippen LogP contribution is -2.51. The van der Waals surface area contributed by atoms with Gasteiger partial charge in [-0.1, -0.05) is 87.9 Å². The average Bonchev–Trinajstić information content (AvgIpc) is 3.29. The van der Waals surface area contributed by atoms with Crippen LogP contribution in [-0.2, 0) is 16.1 Å². The summed E-state index contributed by atoms with van der Waals surface area (Å²) >= 11 is 0. The monoisotopic (exact) mass is 567 g/mol. The molecule has 6 atom stereocenters. The van der Waals surface area contributed by atoms with Gasteiger partial charge in [0.25, 0.3) is 0 Å². The number of rotatable bonds is 9. The van der Waals surface area contributed by atoms with Crippen LogP contribution in [0.4, 0.5) is 4.79 Å². The van der Waals surface area contributed by atoms with E-state index in [1.807, 2.05) is 67.6 Å². The summed E-state index contributed by atoms with van der Waals surface area (Å²) in [5.41, 5.74) is 2.10. The van der Waals surface area contributed by atoms with E-state index >= 15 is 0 Å². The van der Waals surface area contributed by atoms with Gasteiger partial charge in [0.15, 0.2) is 11.8 Å². The van der Waals surface area contributed by atoms with Crippen LogP contribution in [0.15, 0.2) is 85.2 Å². The standard InChI is InChI=1S/C35H41N3O4/c1-23(2)29-18-17-24(3)20-30(29)42-34(40)32-31(33(39)28-16-11-19-36-21-28)37(22-26-12-7-5-8-13-26)35(41)38(32)25(4)27-14-9-6-10-15-27/h5-16,19,21,23-25,29-32H,17-18,20,22H2,1-4H3. The van der Waals surface area contributed by atoms with E-state index in [2.05, 4.69) is 25.8 Å². The fourth-order valence-electron chi connectivity index (χ4n) is 6.63. The van der Waals surface area contributed by atoms with Gasteiger partial charge in [0.2, 0.25) is 0 Å². The van der Waals surface area contributed by atoms with Gasteiger partial charge in [0.1, 0.15) is 12.1 Å². The van der Waals surface area contributed by atoms with Gasteiger partial charge in [-0.05, 0) is 60.8 Å². The van der Waals surface area contributed by atoms with Gasteiger partial charge in [0.05, 0.1) is 6.04 Å². The molecule has 1 aliphatic heterocycles. The number of amides is 2. The first-order chi connectivity index (χ1) is 20.3. The molecule has 2 amide bonds. The number of Topliss-reactive ketones (excluding diaryl/α,β-unsaturated/α-hetero) is 1. The maximum absolute atomic E-state index is 14.4. The van der Waals surface area contributed by atoms with Crippen molar-refractivity contribution in [3.63, 3.8) is 0 Å². The van der Waals surface area contributed by atoms with Crippen LogP contribution in [0.2, 0.25) is 0 Å². The number of carbonyl (C=O) groups is 3. The Labute approximate surface area is 248 Å². The fraction of sp³-hybridized carbons (Fsp3) is 0.429. The minimum absolute atomic E-state index is 0.188. The summed E-state index contributed by atoms with van der Waals surface area (Å²) in [7, 11) is 0. The van der Waals surface area contributed by atoms with Crippen molar-refractivity contribution in [1.29, 1.82) is 0 Å². The smallest absolute Gasteiger partial charge is 0.331 e. The molecular formula is C35H41N3O4. The summed E-state index contributed by atoms with van der Waals surface area (Å²) in [6.07, 6.45) is 5.70. The normalized spacial score (nSPS) is 25.0. The molecule has 0 spiro atoms. The molecule has 5 rings (SSSR count). The highest BCUT2D eigenvalue weighted by molar-refractivity contribution is 6.07. The lowest BCUT2D eigenvalue weighted by atomic mass is 9.75. The van der Waals surface area contributed by atoms with Crippen molar-refractivity contribution in [2.75, 3.05) is 0 Å². The van der Waals surface area contributed by atoms with Gasteiger partial charge in [-0.15, -0.1) is 0 Å². The van der Waals surface area contributed by atoms with E-state index in [0.717, 1.165) is 30.4 Å². The van der Waals surface area contributed by atoms with Gasteiger partial charge < -0.3 is 14.5 Å². The minimum Gasteiger partial charge on any atom is -0.460 e. The molecule has 0 radical (unpaired) electrons. The Hall–Kier alpha value is -4.00. The summed E-state index contributed by atoms with van der Waals surface area (Å²) in [6, 6.07) is 19.5. The first-order valence-corrected chi connectivity index (χ1v) is 15.1. The molecule has 0 N–H and O–H groups in total. The maximum Gasteiger partial charge on any atom is 0.331 e. The number of esters is 1. The van der Waals surface area contributed by atoms with E-state index < -0.39 is 24.1 Å². The van der Waals surface area contributed by atoms with Gasteiger partial charge in [-0.25, -0.2) is 9.59 Å². The first kappa shape index (κ1) is 29.5. The summed E-state index contributed by atoms with van der Waals surface area (Å²) in [4.78, 5) is 50.3. The topological polar surface area (TPSA) is 79.8 Å². The highest BCUT2D eigenvalue weighted by Gasteiger charge is 2.55. The van der Waals surface area contributed by atoms with Crippen LogP contribution in [0.25, 0.3) is 0 Å². The maximum atomic E-state index is 14.4. The van der Waals surface area contributed by atoms with Gasteiger partial charge >= 0.3 is 12.0 Å². The molecule has 42 heavy (non-hydrogen) atoms. The van der Waals surface area contributed by atoms with Crippen LogP contribution in [-0.4, -0.2) is 50.8 Å². The number of hydrogen-bond donors (Lipinski definition) is 0. The zero-order valence-corrected chi connectivity index (χ0v) is 24.9. The second-order valence-electron chi connectivity index (χ2n) is 12.2. The molecule has 2 aromatic carbocycles. The number of benzene rings is 2. The lowest BCUT2D eigenvalue weighted by molar-refractivity contribution is -0.161. The van der Waals surface area contributed by atoms with Crippen LogP contribution in [0, 0.1) is 17.8 Å². The number of ketones is 1. The number of aromatic nitrogens is 1. The molecule has 1 aromatic heterocycles. The third kappa shape index (κ3) is 6.10. The Balaban J connectivity index is 1.58. The first-order valence-electron chi connectivity index (χ1n) is 15.1. The van der Waals surface area contributed by atoms with E-state index in [1.165, 1.54) is 6.20 Å². The van der Waals surface area contributed by atoms with Crippen LogP contribution in [0.3, 0.4) is 0 Å². The van der Waals surface area contributed by atoms with E-state index in [9.17, 15) is 14.4 Å². The van der Waals surface area contributed by atoms with E-state index in [4.69, 9.17) is 4.74 Å². The molecule has 220 valence electrons. The highest BCUT2D eigenvalue weighted by atomic mass is 16.5. The lowest BCUT2D eigenvalue weighted by Gasteiger charge is -2.38. The number of urea groups is 1. The third-order valence-electron chi connectivity index (χ3n) is 8.98. The molecule has 0 bridgehead atoms. The molecule has 6 unspecified atom stereocenters. The number of hydrogen-bond acceptors (Lipinski definition) is 5. The number of ether oxygens (including phenoxy) is 1. The summed E-state index contributed by atoms with van der Waals surface area (Å²) in [5.74, 6) is 0.172. The molecule has 3 aromatic rings. The Bertz CT molecular complexity index is 1360. The van der Waals surface area contributed by atoms with Gasteiger partial charge in [0, 0.05) is 24.5 Å². The molecule has 1 saturated heterocycles. The van der Waals surface area contributed by atoms with Gasteiger partial charge in [-0.2, -0.15) is 0 Å². The molecular weight excluding hydrogens is 526 g/mol. The van der Waals surface area contributed by atoms with E-state index in [0.29, 0.717) is 17.4 Å². The predicted molar refractivity (Wildman–Crippen MR) is 161 cm³/mol. The Kier molecular flexibility index (Phi) is 9.05. The predicted octanol–water partition coefficient (Wildman–Crippen LogP) is 6.70. The SMILES string of the molecule is CC1CCC(C(C)C)C(OC(=O)C2C(C(=O)c3cccnc3)N(Cc3ccccc3)C(=O)N2C(C)c2ccccc2)C1. The van der Waals surface area contributed by atoms with Crippen molar-refractivity contribution in [3.05, 3.63) is 102 Å². The third-order valence-corrected chi connectivity index (χ3v) is 8.98. The van der Waals surface area contributed by atoms with Crippen LogP contribution in [0.5, 0.6) is 0 Å². The summed E-state index contributed by atoms with van der Waals surface area (Å²) in [5, 5.41) is 0. The summed E-state index contributed by atoms with van der Waals surface area (Å²) in [6.45, 7) is 8.62. The molecule has 7 heteroatoms. The fourth-order valence-corrected chi connectivity index (χ4v) is 6.63. The zero-order chi connectivity index (χ0) is 29.8. The van der Waals surface area contributed by atoms with Crippen molar-refractivity contribution < 1.29 is 19.1 Å². The average molecular weight is 568 g/mol. The van der Waals surface area contributed by atoms with E-state index in [1.54, 1.807) is 28.1 Å². The number of nitrogens with zero attached hydrogens (tertiary/aromatic N) is 3. The minimum atomic E-state index is -1.12. The van der Waals surface area contributed by atoms with Crippen molar-refractivity contribution in [2.45, 2.75) is 77.7 Å². The zero-order valence-electron chi connectivity index (χ0n) is 24.9. The van der Waals surface area contributed by atoms with Crippen molar-refractivity contribution in [2.24, 2.45) is 17.8 Å². The van der Waals surface area contributed by atoms with Gasteiger partial charge in [-0.3, -0.25) is 9.78 Å². The van der Waals surface area contributed by atoms with Crippen LogP contribution >= 0.6 is 0 Å². The van der Waals surface area contributed by atoms with E-state index in [-0.39, 0.29) is 30.4 Å². The molecule has 2 heterocycles. The molecule has 7 nitrogen and oxygen atoms in total. The second-order valence-corrected chi connectivity index (χ2v) is 12.2. The summed E-state index contributed by atoms with van der Waals surface area (Å²) < 4.78 is 6.37. The largest absolute Gasteiger partial charge is 0.460 e. The molecule has 2 aliphatic rings. The molecule has 2 fully saturated rings. The molecule has 1 saturated carbocycles. The second kappa shape index (κ2) is 12.9.